The number of hydrogen-bond acceptors (Lipinski definition) is 5. The molecule has 0 saturated carbocycles. The van der Waals surface area contributed by atoms with Gasteiger partial charge in [-0.15, -0.1) is 0 Å². The zero-order valence-electron chi connectivity index (χ0n) is 12.3. The third kappa shape index (κ3) is 9.22. The van der Waals surface area contributed by atoms with E-state index in [2.05, 4.69) is 0 Å². The normalized spacial score (nSPS) is 10.9. The first kappa shape index (κ1) is 17.6. The summed E-state index contributed by atoms with van der Waals surface area (Å²) >= 11 is 0. The van der Waals surface area contributed by atoms with Gasteiger partial charge in [-0.3, -0.25) is 14.4 Å². The number of ether oxygens (including phenoxy) is 2. The molecule has 0 N–H and O–H groups in total. The molecule has 0 aromatic heterocycles. The molecule has 0 aromatic carbocycles. The molecule has 19 heavy (non-hydrogen) atoms. The van der Waals surface area contributed by atoms with Crippen LogP contribution in [-0.2, 0) is 23.9 Å². The second-order valence-electron chi connectivity index (χ2n) is 5.35. The maximum Gasteiger partial charge on any atom is 0.311 e. The molecule has 0 heterocycles. The van der Waals surface area contributed by atoms with E-state index in [0.717, 1.165) is 0 Å². The lowest BCUT2D eigenvalue weighted by molar-refractivity contribution is -0.153. The zero-order valence-corrected chi connectivity index (χ0v) is 12.3. The van der Waals surface area contributed by atoms with Crippen LogP contribution in [0.2, 0.25) is 0 Å². The second-order valence-corrected chi connectivity index (χ2v) is 5.35. The van der Waals surface area contributed by atoms with Crippen molar-refractivity contribution in [2.75, 3.05) is 13.2 Å². The van der Waals surface area contributed by atoms with Crippen LogP contribution in [-0.4, -0.2) is 30.9 Å². The Hall–Kier alpha value is -1.39. The van der Waals surface area contributed by atoms with Gasteiger partial charge < -0.3 is 9.47 Å². The van der Waals surface area contributed by atoms with Crippen molar-refractivity contribution >= 4 is 17.7 Å². The molecular weight excluding hydrogens is 248 g/mol. The number of rotatable bonds is 8. The monoisotopic (exact) mass is 272 g/mol. The van der Waals surface area contributed by atoms with Gasteiger partial charge >= 0.3 is 11.9 Å². The third-order valence-electron chi connectivity index (χ3n) is 2.40. The van der Waals surface area contributed by atoms with Crippen molar-refractivity contribution in [3.05, 3.63) is 0 Å². The summed E-state index contributed by atoms with van der Waals surface area (Å²) in [5.74, 6) is -0.604. The molecule has 0 aromatic rings. The van der Waals surface area contributed by atoms with E-state index >= 15 is 0 Å². The van der Waals surface area contributed by atoms with Crippen molar-refractivity contribution in [3.8, 4) is 0 Å². The summed E-state index contributed by atoms with van der Waals surface area (Å²) in [5, 5.41) is 0. The van der Waals surface area contributed by atoms with Crippen molar-refractivity contribution in [1.29, 1.82) is 0 Å². The Labute approximate surface area is 114 Å². The van der Waals surface area contributed by atoms with E-state index in [1.807, 2.05) is 0 Å². The Morgan fingerprint density at radius 1 is 0.947 bits per heavy atom. The molecule has 0 rings (SSSR count). The van der Waals surface area contributed by atoms with Crippen LogP contribution in [0.3, 0.4) is 0 Å². The largest absolute Gasteiger partial charge is 0.466 e. The zero-order chi connectivity index (χ0) is 14.9. The maximum absolute atomic E-state index is 11.4. The minimum Gasteiger partial charge on any atom is -0.466 e. The average Bonchev–Trinajstić information content (AvgIpc) is 2.33. The summed E-state index contributed by atoms with van der Waals surface area (Å²) < 4.78 is 9.94. The molecule has 0 spiro atoms. The fourth-order valence-corrected chi connectivity index (χ4v) is 1.12. The van der Waals surface area contributed by atoms with Crippen molar-refractivity contribution in [1.82, 2.24) is 0 Å². The number of Topliss-reactive ketones (excluding diaryl/α,β-unsaturated/α-hetero) is 1. The fraction of sp³-hybridized carbons (Fsp3) is 0.786. The van der Waals surface area contributed by atoms with Crippen LogP contribution in [0.25, 0.3) is 0 Å². The van der Waals surface area contributed by atoms with Crippen molar-refractivity contribution in [2.24, 2.45) is 5.41 Å². The van der Waals surface area contributed by atoms with Crippen LogP contribution < -0.4 is 0 Å². The Kier molecular flexibility index (Phi) is 8.03. The number of ketones is 1. The van der Waals surface area contributed by atoms with Crippen LogP contribution in [0.1, 0.15) is 53.4 Å². The molecule has 0 aliphatic rings. The quantitative estimate of drug-likeness (QED) is 0.501. The predicted octanol–water partition coefficient (Wildman–Crippen LogP) is 2.27. The van der Waals surface area contributed by atoms with Gasteiger partial charge in [0.25, 0.3) is 0 Å². The molecule has 0 saturated heterocycles. The summed E-state index contributed by atoms with van der Waals surface area (Å²) in [5.41, 5.74) is -0.517. The highest BCUT2D eigenvalue weighted by molar-refractivity contribution is 5.82. The van der Waals surface area contributed by atoms with E-state index in [4.69, 9.17) is 9.47 Å². The standard InChI is InChI=1S/C14H24O5/c1-5-11(15)7-8-12(16)18-9-6-10-19-13(17)14(2,3)4/h5-10H2,1-4H3. The second kappa shape index (κ2) is 8.67. The van der Waals surface area contributed by atoms with Crippen molar-refractivity contribution in [3.63, 3.8) is 0 Å². The first-order chi connectivity index (χ1) is 8.77. The van der Waals surface area contributed by atoms with E-state index in [9.17, 15) is 14.4 Å². The molecule has 0 bridgehead atoms. The van der Waals surface area contributed by atoms with E-state index in [0.29, 0.717) is 12.8 Å². The van der Waals surface area contributed by atoms with E-state index in [1.165, 1.54) is 0 Å². The number of hydrogen-bond donors (Lipinski definition) is 0. The average molecular weight is 272 g/mol. The molecule has 0 radical (unpaired) electrons. The van der Waals surface area contributed by atoms with Crippen LogP contribution >= 0.6 is 0 Å². The lowest BCUT2D eigenvalue weighted by Crippen LogP contribution is -2.23. The highest BCUT2D eigenvalue weighted by Gasteiger charge is 2.22. The minimum atomic E-state index is -0.517. The molecule has 0 aliphatic carbocycles. The smallest absolute Gasteiger partial charge is 0.311 e. The van der Waals surface area contributed by atoms with E-state index in [1.54, 1.807) is 27.7 Å². The van der Waals surface area contributed by atoms with Gasteiger partial charge in [-0.1, -0.05) is 6.92 Å². The molecule has 110 valence electrons. The summed E-state index contributed by atoms with van der Waals surface area (Å²) in [6.07, 6.45) is 1.26. The fourth-order valence-electron chi connectivity index (χ4n) is 1.12. The van der Waals surface area contributed by atoms with Gasteiger partial charge in [-0.05, 0) is 20.8 Å². The SMILES string of the molecule is CCC(=O)CCC(=O)OCCCOC(=O)C(C)(C)C. The number of carbonyl (C=O) groups excluding carboxylic acids is 3. The Morgan fingerprint density at radius 3 is 2.05 bits per heavy atom. The highest BCUT2D eigenvalue weighted by atomic mass is 16.5. The van der Waals surface area contributed by atoms with Crippen LogP contribution in [0, 0.1) is 5.41 Å². The number of esters is 2. The Morgan fingerprint density at radius 2 is 1.53 bits per heavy atom. The van der Waals surface area contributed by atoms with Gasteiger partial charge in [0, 0.05) is 19.3 Å². The van der Waals surface area contributed by atoms with Gasteiger partial charge in [-0.25, -0.2) is 0 Å². The van der Waals surface area contributed by atoms with Crippen molar-refractivity contribution in [2.45, 2.75) is 53.4 Å². The molecule has 0 atom stereocenters. The van der Waals surface area contributed by atoms with Gasteiger partial charge in [0.2, 0.25) is 0 Å². The molecule has 5 heteroatoms. The van der Waals surface area contributed by atoms with Gasteiger partial charge in [0.05, 0.1) is 25.0 Å². The van der Waals surface area contributed by atoms with Crippen molar-refractivity contribution < 1.29 is 23.9 Å². The summed E-state index contributed by atoms with van der Waals surface area (Å²) in [4.78, 5) is 33.6. The van der Waals surface area contributed by atoms with Crippen LogP contribution in [0.15, 0.2) is 0 Å². The molecule has 0 amide bonds. The van der Waals surface area contributed by atoms with Gasteiger partial charge in [0.1, 0.15) is 5.78 Å². The third-order valence-corrected chi connectivity index (χ3v) is 2.40. The maximum atomic E-state index is 11.4. The molecular formula is C14H24O5. The first-order valence-corrected chi connectivity index (χ1v) is 6.62. The van der Waals surface area contributed by atoms with E-state index in [-0.39, 0.29) is 43.8 Å². The van der Waals surface area contributed by atoms with Gasteiger partial charge in [-0.2, -0.15) is 0 Å². The lowest BCUT2D eigenvalue weighted by Gasteiger charge is -2.16. The Bertz CT molecular complexity index is 314. The minimum absolute atomic E-state index is 0.0519. The summed E-state index contributed by atoms with van der Waals surface area (Å²) in [7, 11) is 0. The van der Waals surface area contributed by atoms with Crippen LogP contribution in [0.5, 0.6) is 0 Å². The highest BCUT2D eigenvalue weighted by Crippen LogP contribution is 2.14. The number of carbonyl (C=O) groups is 3. The molecule has 0 fully saturated rings. The first-order valence-electron chi connectivity index (χ1n) is 6.62. The topological polar surface area (TPSA) is 69.7 Å². The summed E-state index contributed by atoms with van der Waals surface area (Å²) in [6.45, 7) is 7.53. The molecule has 0 aliphatic heterocycles. The van der Waals surface area contributed by atoms with Gasteiger partial charge in [0.15, 0.2) is 0 Å². The lowest BCUT2D eigenvalue weighted by atomic mass is 9.97. The van der Waals surface area contributed by atoms with E-state index < -0.39 is 5.41 Å². The summed E-state index contributed by atoms with van der Waals surface area (Å²) in [6, 6.07) is 0. The van der Waals surface area contributed by atoms with Crippen LogP contribution in [0.4, 0.5) is 0 Å². The molecule has 0 unspecified atom stereocenters. The molecule has 5 nitrogen and oxygen atoms in total. The predicted molar refractivity (Wildman–Crippen MR) is 70.5 cm³/mol. The Balaban J connectivity index is 3.57.